The number of pyridine rings is 2. The number of H-pyrrole nitrogens is 1. The van der Waals surface area contributed by atoms with Crippen LogP contribution in [0.25, 0.3) is 16.8 Å². The van der Waals surface area contributed by atoms with Crippen molar-refractivity contribution in [2.45, 2.75) is 32.0 Å². The topological polar surface area (TPSA) is 79.6 Å². The van der Waals surface area contributed by atoms with Gasteiger partial charge in [-0.15, -0.1) is 0 Å². The minimum absolute atomic E-state index is 0.0109. The molecule has 1 aliphatic carbocycles. The van der Waals surface area contributed by atoms with Crippen molar-refractivity contribution in [3.05, 3.63) is 86.7 Å². The van der Waals surface area contributed by atoms with Crippen LogP contribution >= 0.6 is 11.6 Å². The van der Waals surface area contributed by atoms with Gasteiger partial charge in [-0.2, -0.15) is 8.78 Å². The van der Waals surface area contributed by atoms with Crippen LogP contribution < -0.4 is 10.3 Å². The summed E-state index contributed by atoms with van der Waals surface area (Å²) in [6.07, 6.45) is 2.90. The Hall–Kier alpha value is -3.23. The van der Waals surface area contributed by atoms with Crippen LogP contribution in [-0.4, -0.2) is 26.1 Å². The van der Waals surface area contributed by atoms with Gasteiger partial charge in [0.1, 0.15) is 11.4 Å². The van der Waals surface area contributed by atoms with Crippen LogP contribution in [-0.2, 0) is 0 Å². The van der Waals surface area contributed by atoms with Crippen LogP contribution in [0.15, 0.2) is 53.6 Å². The van der Waals surface area contributed by atoms with E-state index in [1.807, 2.05) is 22.7 Å². The van der Waals surface area contributed by atoms with Crippen molar-refractivity contribution in [3.8, 4) is 16.9 Å². The molecule has 2 unspecified atom stereocenters. The molecule has 9 heteroatoms. The Morgan fingerprint density at radius 3 is 2.81 bits per heavy atom. The molecule has 0 aliphatic heterocycles. The van der Waals surface area contributed by atoms with Gasteiger partial charge < -0.3 is 19.2 Å². The third kappa shape index (κ3) is 3.45. The van der Waals surface area contributed by atoms with E-state index in [4.69, 9.17) is 16.3 Å². The zero-order valence-electron chi connectivity index (χ0n) is 16.8. The molecule has 5 rings (SSSR count). The van der Waals surface area contributed by atoms with Crippen LogP contribution in [0.1, 0.15) is 41.0 Å². The summed E-state index contributed by atoms with van der Waals surface area (Å²) in [6.45, 7) is -1.26. The van der Waals surface area contributed by atoms with E-state index >= 15 is 0 Å². The monoisotopic (exact) mass is 457 g/mol. The number of halogens is 3. The van der Waals surface area contributed by atoms with Crippen LogP contribution in [0.4, 0.5) is 8.78 Å². The van der Waals surface area contributed by atoms with Crippen LogP contribution in [0.5, 0.6) is 5.75 Å². The van der Waals surface area contributed by atoms with Gasteiger partial charge in [-0.3, -0.25) is 4.79 Å². The molecule has 2 atom stereocenters. The standard InChI is InChI=1S/C23H18ClF2N3O3/c1-11-6-13(9-27-22(11)31)12-2-5-19-28-20-17(30)8-16(21(20)29(19)10-12)15-7-14(24)3-4-18(15)32-23(25)26/h2-7,9-10,16-17,23,30H,8H2,1H3,(H,27,31). The van der Waals surface area contributed by atoms with E-state index in [1.54, 1.807) is 25.3 Å². The minimum Gasteiger partial charge on any atom is -0.435 e. The van der Waals surface area contributed by atoms with Gasteiger partial charge in [0.2, 0.25) is 0 Å². The van der Waals surface area contributed by atoms with E-state index in [9.17, 15) is 18.7 Å². The Morgan fingerprint density at radius 2 is 2.06 bits per heavy atom. The smallest absolute Gasteiger partial charge is 0.387 e. The van der Waals surface area contributed by atoms with Gasteiger partial charge in [-0.05, 0) is 60.9 Å². The van der Waals surface area contributed by atoms with E-state index in [1.165, 1.54) is 12.1 Å². The summed E-state index contributed by atoms with van der Waals surface area (Å²) in [4.78, 5) is 19.0. The molecule has 0 saturated heterocycles. The molecular weight excluding hydrogens is 440 g/mol. The van der Waals surface area contributed by atoms with Crippen molar-refractivity contribution in [1.29, 1.82) is 0 Å². The molecule has 3 aromatic heterocycles. The first-order valence-electron chi connectivity index (χ1n) is 9.95. The van der Waals surface area contributed by atoms with Gasteiger partial charge in [0.25, 0.3) is 5.56 Å². The maximum atomic E-state index is 13.0. The number of aliphatic hydroxyl groups excluding tert-OH is 1. The lowest BCUT2D eigenvalue weighted by molar-refractivity contribution is -0.0505. The number of rotatable bonds is 4. The molecule has 0 bridgehead atoms. The average molecular weight is 458 g/mol. The summed E-state index contributed by atoms with van der Waals surface area (Å²) in [6, 6.07) is 9.95. The number of aryl methyl sites for hydroxylation is 1. The van der Waals surface area contributed by atoms with Crippen molar-refractivity contribution in [2.24, 2.45) is 0 Å². The molecular formula is C23H18ClF2N3O3. The highest BCUT2D eigenvalue weighted by molar-refractivity contribution is 6.30. The van der Waals surface area contributed by atoms with Crippen molar-refractivity contribution < 1.29 is 18.6 Å². The highest BCUT2D eigenvalue weighted by Gasteiger charge is 2.37. The molecule has 4 aromatic rings. The number of hydrogen-bond acceptors (Lipinski definition) is 4. The second kappa shape index (κ2) is 7.72. The molecule has 2 N–H and O–H groups in total. The molecule has 3 heterocycles. The number of aromatic amines is 1. The number of alkyl halides is 2. The number of aromatic nitrogens is 3. The van der Waals surface area contributed by atoms with Gasteiger partial charge in [-0.1, -0.05) is 11.6 Å². The summed E-state index contributed by atoms with van der Waals surface area (Å²) in [7, 11) is 0. The lowest BCUT2D eigenvalue weighted by Crippen LogP contribution is -2.09. The Balaban J connectivity index is 1.68. The first-order valence-corrected chi connectivity index (χ1v) is 10.3. The summed E-state index contributed by atoms with van der Waals surface area (Å²) >= 11 is 6.16. The minimum atomic E-state index is -2.99. The second-order valence-electron chi connectivity index (χ2n) is 7.79. The fraction of sp³-hybridized carbons (Fsp3) is 0.217. The Morgan fingerprint density at radius 1 is 1.25 bits per heavy atom. The summed E-state index contributed by atoms with van der Waals surface area (Å²) in [5.74, 6) is -0.438. The average Bonchev–Trinajstić information content (AvgIpc) is 3.28. The fourth-order valence-electron chi connectivity index (χ4n) is 4.32. The van der Waals surface area contributed by atoms with Gasteiger partial charge in [-0.25, -0.2) is 4.98 Å². The van der Waals surface area contributed by atoms with E-state index in [-0.39, 0.29) is 17.7 Å². The lowest BCUT2D eigenvalue weighted by Gasteiger charge is -2.18. The van der Waals surface area contributed by atoms with Crippen molar-refractivity contribution in [3.63, 3.8) is 0 Å². The SMILES string of the molecule is Cc1cc(-c2ccc3nc4c(n3c2)C(c2cc(Cl)ccc2OC(F)F)CC4O)c[nH]c1=O. The largest absolute Gasteiger partial charge is 0.435 e. The van der Waals surface area contributed by atoms with E-state index in [0.717, 1.165) is 11.1 Å². The number of benzene rings is 1. The Labute approximate surface area is 186 Å². The van der Waals surface area contributed by atoms with Crippen molar-refractivity contribution >= 4 is 17.2 Å². The number of nitrogens with one attached hydrogen (secondary N) is 1. The first-order chi connectivity index (χ1) is 15.3. The molecule has 0 amide bonds. The van der Waals surface area contributed by atoms with Gasteiger partial charge in [0.15, 0.2) is 0 Å². The predicted molar refractivity (Wildman–Crippen MR) is 115 cm³/mol. The third-order valence-corrected chi connectivity index (χ3v) is 6.01. The van der Waals surface area contributed by atoms with E-state index in [2.05, 4.69) is 9.97 Å². The van der Waals surface area contributed by atoms with E-state index in [0.29, 0.717) is 33.2 Å². The summed E-state index contributed by atoms with van der Waals surface area (Å²) in [5.41, 5.74) is 4.32. The van der Waals surface area contributed by atoms with Gasteiger partial charge >= 0.3 is 6.61 Å². The van der Waals surface area contributed by atoms with Crippen LogP contribution in [0, 0.1) is 6.92 Å². The molecule has 1 aromatic carbocycles. The first kappa shape index (κ1) is 20.7. The van der Waals surface area contributed by atoms with Crippen LogP contribution in [0.3, 0.4) is 0 Å². The zero-order valence-corrected chi connectivity index (χ0v) is 17.6. The third-order valence-electron chi connectivity index (χ3n) is 5.77. The molecule has 6 nitrogen and oxygen atoms in total. The molecule has 164 valence electrons. The van der Waals surface area contributed by atoms with Crippen LogP contribution in [0.2, 0.25) is 5.02 Å². The van der Waals surface area contributed by atoms with Gasteiger partial charge in [0, 0.05) is 34.5 Å². The molecule has 0 spiro atoms. The maximum absolute atomic E-state index is 13.0. The highest BCUT2D eigenvalue weighted by atomic mass is 35.5. The maximum Gasteiger partial charge on any atom is 0.387 e. The number of fused-ring (bicyclic) bond motifs is 3. The molecule has 1 aliphatic rings. The van der Waals surface area contributed by atoms with Gasteiger partial charge in [0.05, 0.1) is 17.5 Å². The second-order valence-corrected chi connectivity index (χ2v) is 8.23. The van der Waals surface area contributed by atoms with E-state index < -0.39 is 18.6 Å². The number of ether oxygens (including phenoxy) is 1. The number of nitrogens with zero attached hydrogens (tertiary/aromatic N) is 2. The zero-order chi connectivity index (χ0) is 22.6. The van der Waals surface area contributed by atoms with Crippen molar-refractivity contribution in [1.82, 2.24) is 14.4 Å². The molecule has 0 radical (unpaired) electrons. The van der Waals surface area contributed by atoms with Crippen molar-refractivity contribution in [2.75, 3.05) is 0 Å². The fourth-order valence-corrected chi connectivity index (χ4v) is 4.50. The Kier molecular flexibility index (Phi) is 4.98. The summed E-state index contributed by atoms with van der Waals surface area (Å²) < 4.78 is 32.6. The molecule has 0 fully saturated rings. The lowest BCUT2D eigenvalue weighted by atomic mass is 9.95. The Bertz CT molecular complexity index is 1400. The normalized spacial score (nSPS) is 17.8. The number of imidazole rings is 1. The number of aliphatic hydroxyl groups is 1. The number of hydrogen-bond donors (Lipinski definition) is 2. The molecule has 32 heavy (non-hydrogen) atoms. The summed E-state index contributed by atoms with van der Waals surface area (Å²) in [5, 5.41) is 11.0. The predicted octanol–water partition coefficient (Wildman–Crippen LogP) is 4.82. The highest BCUT2D eigenvalue weighted by Crippen LogP contribution is 2.47. The quantitative estimate of drug-likeness (QED) is 0.460. The molecule has 0 saturated carbocycles.